The first-order chi connectivity index (χ1) is 16.8. The van der Waals surface area contributed by atoms with Gasteiger partial charge in [0.2, 0.25) is 11.8 Å². The maximum Gasteiger partial charge on any atom is 0.251 e. The fourth-order valence-electron chi connectivity index (χ4n) is 4.09. The van der Waals surface area contributed by atoms with E-state index in [4.69, 9.17) is 9.47 Å². The van der Waals surface area contributed by atoms with Crippen molar-refractivity contribution in [2.24, 2.45) is 0 Å². The summed E-state index contributed by atoms with van der Waals surface area (Å²) in [5.41, 5.74) is 3.60. The maximum absolute atomic E-state index is 12.8. The molecular weight excluding hydrogens is 450 g/mol. The van der Waals surface area contributed by atoms with E-state index in [1.165, 1.54) is 6.92 Å². The van der Waals surface area contributed by atoms with Gasteiger partial charge in [-0.3, -0.25) is 14.4 Å². The maximum atomic E-state index is 12.8. The molecule has 1 aromatic heterocycles. The number of rotatable bonds is 8. The first kappa shape index (κ1) is 23.8. The first-order valence-corrected chi connectivity index (χ1v) is 11.2. The number of carbonyl (C=O) groups is 3. The average Bonchev–Trinajstić information content (AvgIpc) is 3.34. The highest BCUT2D eigenvalue weighted by Gasteiger charge is 2.37. The molecule has 0 saturated heterocycles. The third-order valence-electron chi connectivity index (χ3n) is 5.70. The lowest BCUT2D eigenvalue weighted by Gasteiger charge is -2.11. The average molecular weight is 478 g/mol. The number of anilines is 3. The van der Waals surface area contributed by atoms with Crippen LogP contribution in [0.5, 0.6) is 11.5 Å². The Kier molecular flexibility index (Phi) is 6.72. The number of carbonyl (C=O) groups excluding carboxylic acids is 3. The van der Waals surface area contributed by atoms with Crippen molar-refractivity contribution in [3.05, 3.63) is 48.2 Å². The molecule has 0 fully saturated rings. The number of nitrogens with one attached hydrogen (secondary N) is 3. The summed E-state index contributed by atoms with van der Waals surface area (Å²) < 4.78 is 12.4. The Bertz CT molecular complexity index is 1280. The highest BCUT2D eigenvalue weighted by molar-refractivity contribution is 6.04. The third kappa shape index (κ3) is 4.81. The number of aromatic nitrogens is 2. The lowest BCUT2D eigenvalue weighted by molar-refractivity contribution is -0.123. The number of fused-ring (bicyclic) bond motifs is 1. The van der Waals surface area contributed by atoms with Crippen molar-refractivity contribution in [1.82, 2.24) is 9.78 Å². The standard InChI is InChI=1S/C25H27N5O5/c1-5-18-23(15-6-11-20(34-3)21(12-15)35-4)24-28-25(33)19(30(24)29-18)13-22(32)27-17-9-7-16(8-10-17)26-14(2)31/h6-12,19H,5,13H2,1-4H3,(H,26,31)(H,27,32)(H,28,33). The predicted molar refractivity (Wildman–Crippen MR) is 132 cm³/mol. The van der Waals surface area contributed by atoms with Gasteiger partial charge in [-0.15, -0.1) is 0 Å². The van der Waals surface area contributed by atoms with E-state index >= 15 is 0 Å². The molecule has 10 heteroatoms. The summed E-state index contributed by atoms with van der Waals surface area (Å²) in [6, 6.07) is 11.5. The van der Waals surface area contributed by atoms with E-state index in [2.05, 4.69) is 21.0 Å². The molecule has 0 saturated carbocycles. The van der Waals surface area contributed by atoms with Gasteiger partial charge in [0.05, 0.1) is 26.3 Å². The summed E-state index contributed by atoms with van der Waals surface area (Å²) in [4.78, 5) is 36.7. The Hall–Kier alpha value is -4.34. The quantitative estimate of drug-likeness (QED) is 0.455. The third-order valence-corrected chi connectivity index (χ3v) is 5.70. The van der Waals surface area contributed by atoms with E-state index in [1.54, 1.807) is 49.2 Å². The zero-order valence-corrected chi connectivity index (χ0v) is 20.0. The number of amides is 3. The number of hydrogen-bond donors (Lipinski definition) is 3. The van der Waals surface area contributed by atoms with Crippen molar-refractivity contribution in [2.45, 2.75) is 32.7 Å². The van der Waals surface area contributed by atoms with Crippen molar-refractivity contribution in [3.8, 4) is 22.6 Å². The van der Waals surface area contributed by atoms with Gasteiger partial charge in [0.25, 0.3) is 5.91 Å². The summed E-state index contributed by atoms with van der Waals surface area (Å²) >= 11 is 0. The van der Waals surface area contributed by atoms with Crippen LogP contribution in [0.25, 0.3) is 11.1 Å². The molecule has 4 rings (SSSR count). The smallest absolute Gasteiger partial charge is 0.251 e. The topological polar surface area (TPSA) is 124 Å². The van der Waals surface area contributed by atoms with Crippen LogP contribution in [0.3, 0.4) is 0 Å². The predicted octanol–water partition coefficient (Wildman–Crippen LogP) is 3.61. The summed E-state index contributed by atoms with van der Waals surface area (Å²) in [5, 5.41) is 13.0. The van der Waals surface area contributed by atoms with Crippen LogP contribution in [0.2, 0.25) is 0 Å². The van der Waals surface area contributed by atoms with Crippen molar-refractivity contribution in [2.75, 3.05) is 30.2 Å². The Balaban J connectivity index is 1.56. The number of methoxy groups -OCH3 is 2. The molecule has 0 spiro atoms. The van der Waals surface area contributed by atoms with E-state index in [0.29, 0.717) is 35.1 Å². The van der Waals surface area contributed by atoms with Gasteiger partial charge in [-0.25, -0.2) is 4.68 Å². The minimum atomic E-state index is -0.775. The molecule has 182 valence electrons. The fourth-order valence-corrected chi connectivity index (χ4v) is 4.09. The normalized spacial score (nSPS) is 14.2. The molecule has 0 radical (unpaired) electrons. The second-order valence-corrected chi connectivity index (χ2v) is 8.05. The molecule has 3 amide bonds. The van der Waals surface area contributed by atoms with Crippen LogP contribution in [0.1, 0.15) is 32.0 Å². The molecule has 35 heavy (non-hydrogen) atoms. The number of ether oxygens (including phenoxy) is 2. The molecule has 2 heterocycles. The van der Waals surface area contributed by atoms with Gasteiger partial charge in [0.1, 0.15) is 11.9 Å². The second-order valence-electron chi connectivity index (χ2n) is 8.05. The van der Waals surface area contributed by atoms with E-state index in [-0.39, 0.29) is 24.1 Å². The first-order valence-electron chi connectivity index (χ1n) is 11.2. The largest absolute Gasteiger partial charge is 0.493 e. The fraction of sp³-hybridized carbons (Fsp3) is 0.280. The van der Waals surface area contributed by atoms with Crippen molar-refractivity contribution >= 4 is 34.9 Å². The zero-order chi connectivity index (χ0) is 25.1. The van der Waals surface area contributed by atoms with Crippen molar-refractivity contribution in [1.29, 1.82) is 0 Å². The SMILES string of the molecule is CCc1nn2c(c1-c1ccc(OC)c(OC)c1)NC(=O)C2CC(=O)Nc1ccc(NC(C)=O)cc1. The van der Waals surface area contributed by atoms with Crippen LogP contribution in [0.15, 0.2) is 42.5 Å². The highest BCUT2D eigenvalue weighted by Crippen LogP contribution is 2.41. The zero-order valence-electron chi connectivity index (χ0n) is 20.0. The Morgan fingerprint density at radius 1 is 1.03 bits per heavy atom. The highest BCUT2D eigenvalue weighted by atomic mass is 16.5. The lowest BCUT2D eigenvalue weighted by Crippen LogP contribution is -2.24. The summed E-state index contributed by atoms with van der Waals surface area (Å²) in [6.07, 6.45) is 0.557. The number of nitrogens with zero attached hydrogens (tertiary/aromatic N) is 2. The monoisotopic (exact) mass is 477 g/mol. The molecule has 1 aliphatic rings. The molecule has 10 nitrogen and oxygen atoms in total. The summed E-state index contributed by atoms with van der Waals surface area (Å²) in [6.45, 7) is 3.41. The van der Waals surface area contributed by atoms with Crippen molar-refractivity contribution in [3.63, 3.8) is 0 Å². The number of hydrogen-bond acceptors (Lipinski definition) is 6. The molecule has 3 N–H and O–H groups in total. The number of benzene rings is 2. The van der Waals surface area contributed by atoms with Gasteiger partial charge in [-0.1, -0.05) is 13.0 Å². The summed E-state index contributed by atoms with van der Waals surface area (Å²) in [5.74, 6) is 0.914. The minimum absolute atomic E-state index is 0.0809. The molecular formula is C25H27N5O5. The Morgan fingerprint density at radius 2 is 1.69 bits per heavy atom. The Morgan fingerprint density at radius 3 is 2.29 bits per heavy atom. The number of aryl methyl sites for hydroxylation is 1. The van der Waals surface area contributed by atoms with Gasteiger partial charge in [-0.05, 0) is 48.4 Å². The molecule has 0 bridgehead atoms. The molecule has 2 aromatic carbocycles. The molecule has 1 atom stereocenters. The van der Waals surface area contributed by atoms with Gasteiger partial charge in [0.15, 0.2) is 11.5 Å². The minimum Gasteiger partial charge on any atom is -0.493 e. The Labute approximate surface area is 202 Å². The van der Waals surface area contributed by atoms with Crippen molar-refractivity contribution < 1.29 is 23.9 Å². The van der Waals surface area contributed by atoms with Gasteiger partial charge in [-0.2, -0.15) is 5.10 Å². The van der Waals surface area contributed by atoms with E-state index < -0.39 is 6.04 Å². The van der Waals surface area contributed by atoms with Crippen LogP contribution in [-0.4, -0.2) is 41.7 Å². The van der Waals surface area contributed by atoms with Crippen LogP contribution in [0, 0.1) is 0 Å². The molecule has 0 aliphatic carbocycles. The van der Waals surface area contributed by atoms with E-state index in [9.17, 15) is 14.4 Å². The van der Waals surface area contributed by atoms with Gasteiger partial charge in [0, 0.05) is 23.9 Å². The summed E-state index contributed by atoms with van der Waals surface area (Å²) in [7, 11) is 3.13. The van der Waals surface area contributed by atoms with E-state index in [1.807, 2.05) is 19.1 Å². The second kappa shape index (κ2) is 9.88. The van der Waals surface area contributed by atoms with E-state index in [0.717, 1.165) is 16.8 Å². The molecule has 1 aliphatic heterocycles. The van der Waals surface area contributed by atoms with Crippen LogP contribution in [0.4, 0.5) is 17.2 Å². The van der Waals surface area contributed by atoms with Crippen LogP contribution >= 0.6 is 0 Å². The lowest BCUT2D eigenvalue weighted by atomic mass is 10.0. The van der Waals surface area contributed by atoms with Gasteiger partial charge >= 0.3 is 0 Å². The van der Waals surface area contributed by atoms with Gasteiger partial charge < -0.3 is 25.4 Å². The molecule has 1 unspecified atom stereocenters. The molecule has 3 aromatic rings. The van der Waals surface area contributed by atoms with Crippen LogP contribution in [-0.2, 0) is 20.8 Å². The van der Waals surface area contributed by atoms with Crippen LogP contribution < -0.4 is 25.4 Å².